The summed E-state index contributed by atoms with van der Waals surface area (Å²) in [7, 11) is 3.04. The van der Waals surface area contributed by atoms with E-state index < -0.39 is 0 Å². The lowest BCUT2D eigenvalue weighted by atomic mass is 10.0. The highest BCUT2D eigenvalue weighted by Crippen LogP contribution is 2.31. The number of benzene rings is 2. The number of Topliss-reactive ketones (excluding diaryl/α,β-unsaturated/α-hetero) is 1. The van der Waals surface area contributed by atoms with Gasteiger partial charge in [-0.15, -0.1) is 11.3 Å². The number of thiophene rings is 1. The molecule has 0 aliphatic rings. The Morgan fingerprint density at radius 3 is 2.55 bits per heavy atom. The van der Waals surface area contributed by atoms with Gasteiger partial charge in [-0.1, -0.05) is 31.2 Å². The fraction of sp³-hybridized carbons (Fsp3) is 0.208. The molecule has 2 aromatic heterocycles. The van der Waals surface area contributed by atoms with Crippen LogP contribution in [-0.4, -0.2) is 29.6 Å². The third-order valence-corrected chi connectivity index (χ3v) is 6.14. The first-order valence-corrected chi connectivity index (χ1v) is 10.7. The Hall–Kier alpha value is -3.45. The molecule has 4 aromatic rings. The normalized spacial score (nSPS) is 10.9. The second-order valence-electron chi connectivity index (χ2n) is 7.05. The molecule has 6 nitrogen and oxygen atoms in total. The fourth-order valence-corrected chi connectivity index (χ4v) is 4.39. The van der Waals surface area contributed by atoms with E-state index in [1.807, 2.05) is 17.5 Å². The number of nitrogens with zero attached hydrogens (tertiary/aromatic N) is 2. The fourth-order valence-electron chi connectivity index (χ4n) is 3.48. The van der Waals surface area contributed by atoms with Crippen LogP contribution < -0.4 is 15.0 Å². The molecule has 2 heterocycles. The number of carbonyl (C=O) groups excluding carboxylic acids is 1. The van der Waals surface area contributed by atoms with Gasteiger partial charge < -0.3 is 9.47 Å². The first kappa shape index (κ1) is 20.8. The van der Waals surface area contributed by atoms with Crippen molar-refractivity contribution in [3.63, 3.8) is 0 Å². The number of aryl methyl sites for hydroxylation is 1. The largest absolute Gasteiger partial charge is 0.497 e. The summed E-state index contributed by atoms with van der Waals surface area (Å²) in [4.78, 5) is 31.3. The van der Waals surface area contributed by atoms with E-state index in [1.54, 1.807) is 25.3 Å². The molecular weight excluding hydrogens is 412 g/mol. The van der Waals surface area contributed by atoms with Crippen molar-refractivity contribution in [1.82, 2.24) is 9.55 Å². The van der Waals surface area contributed by atoms with Gasteiger partial charge in [-0.2, -0.15) is 0 Å². The van der Waals surface area contributed by atoms with Crippen molar-refractivity contribution < 1.29 is 14.3 Å². The summed E-state index contributed by atoms with van der Waals surface area (Å²) in [6.45, 7) is 1.97. The minimum Gasteiger partial charge on any atom is -0.497 e. The zero-order chi connectivity index (χ0) is 22.0. The van der Waals surface area contributed by atoms with Gasteiger partial charge in [0.25, 0.3) is 5.56 Å². The minimum atomic E-state index is -0.244. The van der Waals surface area contributed by atoms with E-state index in [4.69, 9.17) is 9.47 Å². The number of ether oxygens (including phenoxy) is 2. The standard InChI is InChI=1S/C24H22N2O4S/c1-4-15-5-7-16(8-6-15)19-13-31-23-22(19)24(28)26(14-25-23)12-20(27)18-10-9-17(29-2)11-21(18)30-3/h5-11,13-14H,4,12H2,1-3H3. The van der Waals surface area contributed by atoms with Gasteiger partial charge in [-0.25, -0.2) is 4.98 Å². The molecule has 0 spiro atoms. The van der Waals surface area contributed by atoms with Crippen molar-refractivity contribution >= 4 is 27.3 Å². The highest BCUT2D eigenvalue weighted by molar-refractivity contribution is 7.17. The van der Waals surface area contributed by atoms with E-state index in [1.165, 1.54) is 34.9 Å². The highest BCUT2D eigenvalue weighted by atomic mass is 32.1. The van der Waals surface area contributed by atoms with Gasteiger partial charge >= 0.3 is 0 Å². The molecule has 0 saturated heterocycles. The summed E-state index contributed by atoms with van der Waals surface area (Å²) in [5, 5.41) is 2.48. The molecule has 0 amide bonds. The maximum Gasteiger partial charge on any atom is 0.263 e. The Kier molecular flexibility index (Phi) is 5.86. The Morgan fingerprint density at radius 1 is 1.10 bits per heavy atom. The molecule has 0 unspecified atom stereocenters. The molecule has 4 rings (SSSR count). The first-order valence-electron chi connectivity index (χ1n) is 9.86. The van der Waals surface area contributed by atoms with Crippen LogP contribution in [0.15, 0.2) is 59.0 Å². The van der Waals surface area contributed by atoms with Crippen molar-refractivity contribution in [2.45, 2.75) is 19.9 Å². The monoisotopic (exact) mass is 434 g/mol. The van der Waals surface area contributed by atoms with Crippen LogP contribution in [0.25, 0.3) is 21.3 Å². The van der Waals surface area contributed by atoms with Gasteiger partial charge in [0.05, 0.1) is 38.0 Å². The maximum atomic E-state index is 13.3. The summed E-state index contributed by atoms with van der Waals surface area (Å²) < 4.78 is 11.9. The maximum absolute atomic E-state index is 13.3. The topological polar surface area (TPSA) is 70.4 Å². The van der Waals surface area contributed by atoms with Crippen molar-refractivity contribution in [2.75, 3.05) is 14.2 Å². The first-order chi connectivity index (χ1) is 15.0. The molecule has 0 aliphatic heterocycles. The Bertz CT molecular complexity index is 1310. The minimum absolute atomic E-state index is 0.130. The highest BCUT2D eigenvalue weighted by Gasteiger charge is 2.18. The molecule has 0 N–H and O–H groups in total. The number of hydrogen-bond acceptors (Lipinski definition) is 6. The van der Waals surface area contributed by atoms with Crippen molar-refractivity contribution in [1.29, 1.82) is 0 Å². The van der Waals surface area contributed by atoms with Gasteiger partial charge in [-0.3, -0.25) is 14.2 Å². The van der Waals surface area contributed by atoms with Gasteiger partial charge in [0.1, 0.15) is 16.3 Å². The predicted octanol–water partition coefficient (Wildman–Crippen LogP) is 4.59. The molecule has 0 saturated carbocycles. The smallest absolute Gasteiger partial charge is 0.263 e. The number of methoxy groups -OCH3 is 2. The predicted molar refractivity (Wildman–Crippen MR) is 123 cm³/mol. The zero-order valence-corrected chi connectivity index (χ0v) is 18.4. The quantitative estimate of drug-likeness (QED) is 0.398. The Morgan fingerprint density at radius 2 is 1.87 bits per heavy atom. The van der Waals surface area contributed by atoms with Gasteiger partial charge in [0.2, 0.25) is 0 Å². The third-order valence-electron chi connectivity index (χ3n) is 5.26. The van der Waals surface area contributed by atoms with Crippen LogP contribution in [-0.2, 0) is 13.0 Å². The second kappa shape index (κ2) is 8.73. The van der Waals surface area contributed by atoms with Crippen LogP contribution in [0.3, 0.4) is 0 Å². The number of carbonyl (C=O) groups is 1. The Labute approximate surface area is 183 Å². The molecule has 0 atom stereocenters. The van der Waals surface area contributed by atoms with Crippen LogP contribution >= 0.6 is 11.3 Å². The lowest BCUT2D eigenvalue weighted by Crippen LogP contribution is -2.24. The van der Waals surface area contributed by atoms with Crippen molar-refractivity contribution in [2.24, 2.45) is 0 Å². The molecule has 0 aliphatic carbocycles. The van der Waals surface area contributed by atoms with Crippen molar-refractivity contribution in [3.05, 3.63) is 75.7 Å². The van der Waals surface area contributed by atoms with E-state index in [-0.39, 0.29) is 17.9 Å². The van der Waals surface area contributed by atoms with E-state index in [0.29, 0.717) is 27.3 Å². The summed E-state index contributed by atoms with van der Waals surface area (Å²) in [6, 6.07) is 13.1. The van der Waals surface area contributed by atoms with Crippen LogP contribution in [0.2, 0.25) is 0 Å². The van der Waals surface area contributed by atoms with E-state index >= 15 is 0 Å². The summed E-state index contributed by atoms with van der Waals surface area (Å²) in [6.07, 6.45) is 2.38. The van der Waals surface area contributed by atoms with Gasteiger partial charge in [-0.05, 0) is 29.7 Å². The average molecular weight is 435 g/mol. The SMILES string of the molecule is CCc1ccc(-c2csc3ncn(CC(=O)c4ccc(OC)cc4OC)c(=O)c23)cc1. The number of ketones is 1. The summed E-state index contributed by atoms with van der Waals surface area (Å²) in [5.74, 6) is 0.746. The van der Waals surface area contributed by atoms with E-state index in [9.17, 15) is 9.59 Å². The molecule has 0 radical (unpaired) electrons. The second-order valence-corrected chi connectivity index (χ2v) is 7.91. The average Bonchev–Trinajstić information content (AvgIpc) is 3.25. The molecule has 7 heteroatoms. The number of rotatable bonds is 7. The van der Waals surface area contributed by atoms with Crippen molar-refractivity contribution in [3.8, 4) is 22.6 Å². The lowest BCUT2D eigenvalue weighted by molar-refractivity contribution is 0.0967. The number of hydrogen-bond donors (Lipinski definition) is 0. The lowest BCUT2D eigenvalue weighted by Gasteiger charge is -2.11. The summed E-state index contributed by atoms with van der Waals surface area (Å²) in [5.41, 5.74) is 3.18. The number of aromatic nitrogens is 2. The van der Waals surface area contributed by atoms with Crippen LogP contribution in [0, 0.1) is 0 Å². The number of fused-ring (bicyclic) bond motifs is 1. The molecule has 31 heavy (non-hydrogen) atoms. The molecular formula is C24H22N2O4S. The van der Waals surface area contributed by atoms with Gasteiger partial charge in [0.15, 0.2) is 5.78 Å². The third kappa shape index (κ3) is 3.96. The zero-order valence-electron chi connectivity index (χ0n) is 17.5. The molecule has 2 aromatic carbocycles. The van der Waals surface area contributed by atoms with E-state index in [0.717, 1.165) is 17.5 Å². The van der Waals surface area contributed by atoms with E-state index in [2.05, 4.69) is 24.0 Å². The summed E-state index contributed by atoms with van der Waals surface area (Å²) >= 11 is 1.42. The molecule has 158 valence electrons. The van der Waals surface area contributed by atoms with Crippen LogP contribution in [0.5, 0.6) is 11.5 Å². The molecule has 0 fully saturated rings. The van der Waals surface area contributed by atoms with Gasteiger partial charge in [0, 0.05) is 17.0 Å². The van der Waals surface area contributed by atoms with Crippen LogP contribution in [0.4, 0.5) is 0 Å². The van der Waals surface area contributed by atoms with Crippen LogP contribution in [0.1, 0.15) is 22.8 Å². The Balaban J connectivity index is 1.71. The molecule has 0 bridgehead atoms.